The monoisotopic (exact) mass is 520 g/mol. The van der Waals surface area contributed by atoms with Crippen molar-refractivity contribution in [3.8, 4) is 5.88 Å². The van der Waals surface area contributed by atoms with E-state index in [-0.39, 0.29) is 12.3 Å². The summed E-state index contributed by atoms with van der Waals surface area (Å²) >= 11 is 5.94. The molecule has 4 N–H and O–H groups in total. The summed E-state index contributed by atoms with van der Waals surface area (Å²) in [5.41, 5.74) is 11.9. The maximum Gasteiger partial charge on any atom is 0.307 e. The summed E-state index contributed by atoms with van der Waals surface area (Å²) in [6, 6.07) is 17.9. The number of nitrogens with zero attached hydrogens (tertiary/aromatic N) is 2. The van der Waals surface area contributed by atoms with E-state index < -0.39 is 12.0 Å². The van der Waals surface area contributed by atoms with Gasteiger partial charge in [-0.15, -0.1) is 0 Å². The summed E-state index contributed by atoms with van der Waals surface area (Å²) in [6.07, 6.45) is 1.55. The van der Waals surface area contributed by atoms with E-state index in [0.717, 1.165) is 28.0 Å². The number of aromatic nitrogens is 2. The molecule has 4 aromatic rings. The number of benzene rings is 2. The van der Waals surface area contributed by atoms with Crippen LogP contribution in [0.3, 0.4) is 0 Å². The van der Waals surface area contributed by atoms with Crippen LogP contribution < -0.4 is 15.4 Å². The lowest BCUT2D eigenvalue weighted by Crippen LogP contribution is -2.43. The number of amides is 1. The number of fused-ring (bicyclic) bond motifs is 1. The predicted octanol–water partition coefficient (Wildman–Crippen LogP) is 4.17. The smallest absolute Gasteiger partial charge is 0.307 e. The van der Waals surface area contributed by atoms with Crippen molar-refractivity contribution < 1.29 is 19.4 Å². The number of carboxylic acids is 1. The van der Waals surface area contributed by atoms with E-state index >= 15 is 0 Å². The fraction of sp³-hybridized carbons (Fsp3) is 0.250. The normalized spacial score (nSPS) is 11.9. The van der Waals surface area contributed by atoms with E-state index in [1.54, 1.807) is 37.4 Å². The second-order valence-electron chi connectivity index (χ2n) is 8.91. The van der Waals surface area contributed by atoms with Crippen molar-refractivity contribution in [2.45, 2.75) is 31.7 Å². The van der Waals surface area contributed by atoms with Crippen molar-refractivity contribution >= 4 is 40.2 Å². The Kier molecular flexibility index (Phi) is 8.11. The number of hydrogen-bond acceptors (Lipinski definition) is 5. The number of H-pyrrole nitrogens is 1. The molecule has 0 spiro atoms. The minimum atomic E-state index is -0.920. The molecule has 192 valence electrons. The lowest BCUT2D eigenvalue weighted by molar-refractivity contribution is -0.136. The number of hydrogen-bond donors (Lipinski definition) is 3. The van der Waals surface area contributed by atoms with Gasteiger partial charge in [0.2, 0.25) is 11.8 Å². The fourth-order valence-corrected chi connectivity index (χ4v) is 4.51. The van der Waals surface area contributed by atoms with Crippen molar-refractivity contribution in [2.24, 2.45) is 5.73 Å². The molecule has 0 aliphatic heterocycles. The molecule has 4 rings (SSSR count). The van der Waals surface area contributed by atoms with Gasteiger partial charge in [-0.1, -0.05) is 35.9 Å². The molecule has 0 fully saturated rings. The van der Waals surface area contributed by atoms with Crippen LogP contribution in [-0.2, 0) is 35.3 Å². The number of nitrogens with two attached hydrogens (primary N) is 1. The van der Waals surface area contributed by atoms with Gasteiger partial charge in [0, 0.05) is 35.1 Å². The van der Waals surface area contributed by atoms with E-state index in [2.05, 4.69) is 9.97 Å². The third-order valence-electron chi connectivity index (χ3n) is 6.31. The molecule has 0 aliphatic rings. The molecule has 2 aromatic carbocycles. The van der Waals surface area contributed by atoms with Gasteiger partial charge in [-0.2, -0.15) is 0 Å². The average Bonchev–Trinajstić information content (AvgIpc) is 3.23. The summed E-state index contributed by atoms with van der Waals surface area (Å²) in [6.45, 7) is 0. The lowest BCUT2D eigenvalue weighted by atomic mass is 9.99. The summed E-state index contributed by atoms with van der Waals surface area (Å²) in [7, 11) is 3.22. The van der Waals surface area contributed by atoms with Crippen molar-refractivity contribution in [3.63, 3.8) is 0 Å². The number of carboxylic acid groups (broad SMARTS) is 1. The van der Waals surface area contributed by atoms with Crippen LogP contribution in [-0.4, -0.2) is 47.2 Å². The zero-order valence-corrected chi connectivity index (χ0v) is 21.5. The first kappa shape index (κ1) is 26.2. The number of aliphatic carboxylic acids is 1. The minimum Gasteiger partial charge on any atom is -0.481 e. The molecular weight excluding hydrogens is 492 g/mol. The number of ether oxygens (including phenoxy) is 1. The van der Waals surface area contributed by atoms with E-state index in [9.17, 15) is 14.7 Å². The predicted molar refractivity (Wildman–Crippen MR) is 144 cm³/mol. The van der Waals surface area contributed by atoms with Crippen LogP contribution in [0.5, 0.6) is 5.88 Å². The molecule has 0 aliphatic carbocycles. The summed E-state index contributed by atoms with van der Waals surface area (Å²) in [5.74, 6) is -0.673. The van der Waals surface area contributed by atoms with Gasteiger partial charge in [-0.05, 0) is 60.7 Å². The summed E-state index contributed by atoms with van der Waals surface area (Å²) in [5, 5.41) is 10.0. The molecule has 1 amide bonds. The van der Waals surface area contributed by atoms with Crippen LogP contribution in [0.1, 0.15) is 22.4 Å². The maximum absolute atomic E-state index is 12.9. The van der Waals surface area contributed by atoms with E-state index in [0.29, 0.717) is 41.2 Å². The van der Waals surface area contributed by atoms with Gasteiger partial charge in [0.05, 0.1) is 30.6 Å². The van der Waals surface area contributed by atoms with Gasteiger partial charge in [-0.25, -0.2) is 4.98 Å². The number of carbonyl (C=O) groups is 2. The second kappa shape index (κ2) is 11.5. The first-order valence-electron chi connectivity index (χ1n) is 11.9. The number of anilines is 1. The Balaban J connectivity index is 1.46. The molecule has 8 nitrogen and oxygen atoms in total. The highest BCUT2D eigenvalue weighted by Gasteiger charge is 2.20. The van der Waals surface area contributed by atoms with Crippen LogP contribution in [0.2, 0.25) is 5.02 Å². The molecule has 37 heavy (non-hydrogen) atoms. The van der Waals surface area contributed by atoms with Crippen LogP contribution in [0.25, 0.3) is 11.0 Å². The van der Waals surface area contributed by atoms with Crippen LogP contribution >= 0.6 is 11.6 Å². The van der Waals surface area contributed by atoms with Gasteiger partial charge in [0.25, 0.3) is 0 Å². The minimum absolute atomic E-state index is 0.131. The zero-order valence-electron chi connectivity index (χ0n) is 20.7. The first-order chi connectivity index (χ1) is 17.7. The Hall–Kier alpha value is -3.88. The molecule has 0 bridgehead atoms. The van der Waals surface area contributed by atoms with Crippen molar-refractivity contribution in [1.29, 1.82) is 0 Å². The first-order valence-corrected chi connectivity index (χ1v) is 12.3. The Morgan fingerprint density at radius 1 is 1.11 bits per heavy atom. The number of methoxy groups -OCH3 is 1. The van der Waals surface area contributed by atoms with Crippen molar-refractivity contribution in [1.82, 2.24) is 9.97 Å². The third kappa shape index (κ3) is 6.28. The van der Waals surface area contributed by atoms with E-state index in [1.165, 1.54) is 12.0 Å². The SMILES string of the molecule is COc1ccc2[nH]c(CCc3cccc(C[C@H](N)C(=O)N(C)c4ccc(Cl)cc4)c3)c(CC(=O)O)c2n1. The Bertz CT molecular complexity index is 1420. The Labute approximate surface area is 220 Å². The molecule has 2 heterocycles. The van der Waals surface area contributed by atoms with Gasteiger partial charge in [0.1, 0.15) is 0 Å². The second-order valence-corrected chi connectivity index (χ2v) is 9.34. The summed E-state index contributed by atoms with van der Waals surface area (Å²) < 4.78 is 5.21. The van der Waals surface area contributed by atoms with Gasteiger partial charge in [0.15, 0.2) is 0 Å². The molecule has 9 heteroatoms. The number of aromatic amines is 1. The van der Waals surface area contributed by atoms with E-state index in [1.807, 2.05) is 30.3 Å². The number of nitrogens with one attached hydrogen (secondary N) is 1. The highest BCUT2D eigenvalue weighted by molar-refractivity contribution is 6.30. The molecule has 0 unspecified atom stereocenters. The average molecular weight is 521 g/mol. The summed E-state index contributed by atoms with van der Waals surface area (Å²) in [4.78, 5) is 33.7. The number of aryl methyl sites for hydroxylation is 2. The molecule has 2 aromatic heterocycles. The topological polar surface area (TPSA) is 122 Å². The Morgan fingerprint density at radius 3 is 2.54 bits per heavy atom. The number of pyridine rings is 1. The highest BCUT2D eigenvalue weighted by Crippen LogP contribution is 2.25. The van der Waals surface area contributed by atoms with E-state index in [4.69, 9.17) is 22.1 Å². The van der Waals surface area contributed by atoms with Gasteiger partial charge in [-0.3, -0.25) is 9.59 Å². The molecular formula is C28H29ClN4O4. The standard InChI is InChI=1S/C28H29ClN4O4/c1-33(20-9-7-19(29)8-10-20)28(36)22(30)15-18-5-3-4-17(14-18)6-11-23-21(16-26(34)35)27-24(31-23)12-13-25(32-27)37-2/h3-5,7-10,12-14,22,31H,6,11,15-16,30H2,1-2H3,(H,34,35)/t22-/m0/s1. The largest absolute Gasteiger partial charge is 0.481 e. The van der Waals surface area contributed by atoms with Crippen molar-refractivity contribution in [3.05, 3.63) is 88.1 Å². The molecule has 0 saturated carbocycles. The quantitative estimate of drug-likeness (QED) is 0.288. The van der Waals surface area contributed by atoms with Gasteiger partial charge >= 0.3 is 5.97 Å². The van der Waals surface area contributed by atoms with Crippen LogP contribution in [0.4, 0.5) is 5.69 Å². The molecule has 0 radical (unpaired) electrons. The number of likely N-dealkylation sites (N-methyl/N-ethyl adjacent to an activating group) is 1. The number of carbonyl (C=O) groups excluding carboxylic acids is 1. The maximum atomic E-state index is 12.9. The van der Waals surface area contributed by atoms with Crippen LogP contribution in [0.15, 0.2) is 60.7 Å². The third-order valence-corrected chi connectivity index (χ3v) is 6.57. The fourth-order valence-electron chi connectivity index (χ4n) is 4.39. The molecule has 1 atom stereocenters. The van der Waals surface area contributed by atoms with Crippen LogP contribution in [0, 0.1) is 0 Å². The van der Waals surface area contributed by atoms with Crippen molar-refractivity contribution in [2.75, 3.05) is 19.1 Å². The molecule has 0 saturated heterocycles. The number of halogens is 1. The zero-order chi connectivity index (χ0) is 26.5. The Morgan fingerprint density at radius 2 is 1.84 bits per heavy atom. The lowest BCUT2D eigenvalue weighted by Gasteiger charge is -2.21. The van der Waals surface area contributed by atoms with Gasteiger partial charge < -0.3 is 25.5 Å². The highest BCUT2D eigenvalue weighted by atomic mass is 35.5. The number of rotatable bonds is 10.